The quantitative estimate of drug-likeness (QED) is 0.763. The van der Waals surface area contributed by atoms with Crippen molar-refractivity contribution in [1.82, 2.24) is 19.8 Å². The van der Waals surface area contributed by atoms with E-state index in [1.165, 1.54) is 13.2 Å². The average molecular weight is 402 g/mol. The molecule has 2 unspecified atom stereocenters. The second kappa shape index (κ2) is 7.76. The van der Waals surface area contributed by atoms with E-state index in [0.717, 1.165) is 23.5 Å². The van der Waals surface area contributed by atoms with E-state index in [2.05, 4.69) is 14.9 Å². The molecular weight excluding hydrogens is 375 g/mol. The van der Waals surface area contributed by atoms with Crippen molar-refractivity contribution in [2.75, 3.05) is 39.9 Å². The van der Waals surface area contributed by atoms with Crippen molar-refractivity contribution < 1.29 is 19.0 Å². The minimum absolute atomic E-state index is 0.0477. The van der Waals surface area contributed by atoms with E-state index in [9.17, 15) is 14.3 Å². The molecule has 2 atom stereocenters. The first-order chi connectivity index (χ1) is 13.9. The Morgan fingerprint density at radius 1 is 1.41 bits per heavy atom. The predicted molar refractivity (Wildman–Crippen MR) is 105 cm³/mol. The van der Waals surface area contributed by atoms with Crippen LogP contribution in [0.25, 0.3) is 0 Å². The molecule has 29 heavy (non-hydrogen) atoms. The van der Waals surface area contributed by atoms with E-state index in [4.69, 9.17) is 4.74 Å². The lowest BCUT2D eigenvalue weighted by Crippen LogP contribution is -2.39. The third-order valence-electron chi connectivity index (χ3n) is 6.37. The number of likely N-dealkylation sites (tertiary alicyclic amines) is 2. The fourth-order valence-electron chi connectivity index (χ4n) is 4.71. The van der Waals surface area contributed by atoms with Crippen LogP contribution < -0.4 is 4.74 Å². The van der Waals surface area contributed by atoms with E-state index in [1.54, 1.807) is 18.5 Å². The molecule has 0 radical (unpaired) electrons. The molecule has 0 spiro atoms. The lowest BCUT2D eigenvalue weighted by Gasteiger charge is -2.27. The number of imidazole rings is 1. The number of aromatic nitrogens is 2. The van der Waals surface area contributed by atoms with Crippen molar-refractivity contribution >= 4 is 5.91 Å². The fourth-order valence-corrected chi connectivity index (χ4v) is 4.71. The van der Waals surface area contributed by atoms with Gasteiger partial charge in [-0.1, -0.05) is 6.07 Å². The molecule has 0 aliphatic carbocycles. The summed E-state index contributed by atoms with van der Waals surface area (Å²) in [5.74, 6) is 0.142. The van der Waals surface area contributed by atoms with Crippen LogP contribution in [0.2, 0.25) is 0 Å². The fraction of sp³-hybridized carbons (Fsp3) is 0.524. The van der Waals surface area contributed by atoms with Crippen molar-refractivity contribution in [3.8, 4) is 5.75 Å². The standard InChI is InChI=1S/C21H27FN4O3/c1-14-18(24-13-23-14)6-20(28)26-9-16-8-25(10-21(16,11-26)12-27)7-15-3-4-17(22)19(5-15)29-2/h3-5,13,16,27H,6-12H2,1-2H3,(H,23,24). The molecule has 2 aromatic rings. The maximum absolute atomic E-state index is 13.7. The van der Waals surface area contributed by atoms with Gasteiger partial charge in [-0.25, -0.2) is 9.37 Å². The molecule has 2 aliphatic heterocycles. The summed E-state index contributed by atoms with van der Waals surface area (Å²) < 4.78 is 18.7. The van der Waals surface area contributed by atoms with Crippen molar-refractivity contribution in [3.63, 3.8) is 0 Å². The molecule has 2 N–H and O–H groups in total. The summed E-state index contributed by atoms with van der Waals surface area (Å²) in [5, 5.41) is 10.2. The molecule has 156 valence electrons. The van der Waals surface area contributed by atoms with Gasteiger partial charge in [0.15, 0.2) is 11.6 Å². The molecule has 2 saturated heterocycles. The number of aromatic amines is 1. The van der Waals surface area contributed by atoms with Crippen molar-refractivity contribution in [3.05, 3.63) is 47.3 Å². The van der Waals surface area contributed by atoms with Crippen LogP contribution in [0.1, 0.15) is 17.0 Å². The summed E-state index contributed by atoms with van der Waals surface area (Å²) in [4.78, 5) is 24.1. The van der Waals surface area contributed by atoms with E-state index in [0.29, 0.717) is 26.2 Å². The highest BCUT2D eigenvalue weighted by Gasteiger charge is 2.52. The van der Waals surface area contributed by atoms with Crippen LogP contribution in [-0.4, -0.2) is 70.7 Å². The van der Waals surface area contributed by atoms with Gasteiger partial charge in [-0.05, 0) is 30.5 Å². The number of carbonyl (C=O) groups excluding carboxylic acids is 1. The van der Waals surface area contributed by atoms with Crippen LogP contribution in [-0.2, 0) is 17.8 Å². The van der Waals surface area contributed by atoms with E-state index in [1.807, 2.05) is 11.8 Å². The summed E-state index contributed by atoms with van der Waals surface area (Å²) in [5.41, 5.74) is 2.35. The normalized spacial score (nSPS) is 24.1. The Labute approximate surface area is 169 Å². The molecule has 1 aromatic carbocycles. The first kappa shape index (κ1) is 19.8. The highest BCUT2D eigenvalue weighted by Crippen LogP contribution is 2.43. The minimum atomic E-state index is -0.373. The van der Waals surface area contributed by atoms with E-state index in [-0.39, 0.29) is 41.8 Å². The Morgan fingerprint density at radius 2 is 2.24 bits per heavy atom. The zero-order chi connectivity index (χ0) is 20.6. The van der Waals surface area contributed by atoms with Gasteiger partial charge in [-0.3, -0.25) is 9.69 Å². The summed E-state index contributed by atoms with van der Waals surface area (Å²) in [6, 6.07) is 4.90. The third kappa shape index (κ3) is 3.74. The summed E-state index contributed by atoms with van der Waals surface area (Å²) >= 11 is 0. The Hall–Kier alpha value is -2.45. The molecule has 8 heteroatoms. The zero-order valence-corrected chi connectivity index (χ0v) is 16.8. The smallest absolute Gasteiger partial charge is 0.228 e. The van der Waals surface area contributed by atoms with Crippen LogP contribution in [0, 0.1) is 24.1 Å². The van der Waals surface area contributed by atoms with Crippen LogP contribution in [0.4, 0.5) is 4.39 Å². The van der Waals surface area contributed by atoms with Gasteiger partial charge in [-0.15, -0.1) is 0 Å². The second-order valence-corrected chi connectivity index (χ2v) is 8.28. The van der Waals surface area contributed by atoms with Gasteiger partial charge in [0.25, 0.3) is 0 Å². The summed E-state index contributed by atoms with van der Waals surface area (Å²) in [6.07, 6.45) is 1.89. The van der Waals surface area contributed by atoms with Crippen molar-refractivity contribution in [2.24, 2.45) is 11.3 Å². The Bertz CT molecular complexity index is 902. The molecule has 0 saturated carbocycles. The number of halogens is 1. The molecule has 2 aliphatic rings. The minimum Gasteiger partial charge on any atom is -0.494 e. The summed E-state index contributed by atoms with van der Waals surface area (Å²) in [6.45, 7) is 5.32. The molecule has 3 heterocycles. The highest BCUT2D eigenvalue weighted by atomic mass is 19.1. The average Bonchev–Trinajstić information content (AvgIpc) is 3.36. The Balaban J connectivity index is 1.40. The van der Waals surface area contributed by atoms with Gasteiger partial charge >= 0.3 is 0 Å². The Kier molecular flexibility index (Phi) is 5.31. The largest absolute Gasteiger partial charge is 0.494 e. The van der Waals surface area contributed by atoms with Crippen LogP contribution in [0.15, 0.2) is 24.5 Å². The van der Waals surface area contributed by atoms with E-state index < -0.39 is 0 Å². The number of rotatable bonds is 6. The predicted octanol–water partition coefficient (Wildman–Crippen LogP) is 1.36. The number of nitrogens with one attached hydrogen (secondary N) is 1. The first-order valence-electron chi connectivity index (χ1n) is 9.86. The molecule has 0 bridgehead atoms. The Morgan fingerprint density at radius 3 is 2.90 bits per heavy atom. The number of benzene rings is 1. The first-order valence-corrected chi connectivity index (χ1v) is 9.86. The number of ether oxygens (including phenoxy) is 1. The monoisotopic (exact) mass is 402 g/mol. The second-order valence-electron chi connectivity index (χ2n) is 8.28. The lowest BCUT2D eigenvalue weighted by molar-refractivity contribution is -0.130. The van der Waals surface area contributed by atoms with Gasteiger partial charge in [0.2, 0.25) is 5.91 Å². The molecule has 1 aromatic heterocycles. The number of aryl methyl sites for hydroxylation is 1. The molecule has 2 fully saturated rings. The van der Waals surface area contributed by atoms with E-state index >= 15 is 0 Å². The van der Waals surface area contributed by atoms with Gasteiger partial charge < -0.3 is 19.7 Å². The van der Waals surface area contributed by atoms with Gasteiger partial charge in [0, 0.05) is 43.8 Å². The SMILES string of the molecule is COc1cc(CN2CC3CN(C(=O)Cc4nc[nH]c4C)CC3(CO)C2)ccc1F. The number of H-pyrrole nitrogens is 1. The maximum atomic E-state index is 13.7. The highest BCUT2D eigenvalue weighted by molar-refractivity contribution is 5.79. The number of fused-ring (bicyclic) bond motifs is 1. The number of hydrogen-bond acceptors (Lipinski definition) is 5. The molecule has 4 rings (SSSR count). The lowest BCUT2D eigenvalue weighted by atomic mass is 9.82. The number of amides is 1. The molecule has 7 nitrogen and oxygen atoms in total. The third-order valence-corrected chi connectivity index (χ3v) is 6.37. The number of methoxy groups -OCH3 is 1. The van der Waals surface area contributed by atoms with Crippen molar-refractivity contribution in [2.45, 2.75) is 19.9 Å². The molecular formula is C21H27FN4O3. The maximum Gasteiger partial charge on any atom is 0.228 e. The van der Waals surface area contributed by atoms with Crippen LogP contribution in [0.5, 0.6) is 5.75 Å². The van der Waals surface area contributed by atoms with Crippen LogP contribution >= 0.6 is 0 Å². The zero-order valence-electron chi connectivity index (χ0n) is 16.8. The van der Waals surface area contributed by atoms with Gasteiger partial charge in [-0.2, -0.15) is 0 Å². The number of carbonyl (C=O) groups is 1. The van der Waals surface area contributed by atoms with Gasteiger partial charge in [0.1, 0.15) is 0 Å². The number of nitrogens with zero attached hydrogens (tertiary/aromatic N) is 3. The number of aliphatic hydroxyl groups excluding tert-OH is 1. The van der Waals surface area contributed by atoms with Crippen LogP contribution in [0.3, 0.4) is 0 Å². The van der Waals surface area contributed by atoms with Crippen molar-refractivity contribution in [1.29, 1.82) is 0 Å². The number of aliphatic hydroxyl groups is 1. The topological polar surface area (TPSA) is 81.7 Å². The summed E-state index contributed by atoms with van der Waals surface area (Å²) in [7, 11) is 1.46. The van der Waals surface area contributed by atoms with Gasteiger partial charge in [0.05, 0.1) is 32.2 Å². The molecule has 1 amide bonds. The number of hydrogen-bond donors (Lipinski definition) is 2.